The van der Waals surface area contributed by atoms with Crippen LogP contribution < -0.4 is 5.32 Å². The van der Waals surface area contributed by atoms with Crippen LogP contribution in [0.1, 0.15) is 21.7 Å². The molecule has 0 aliphatic rings. The molecule has 130 valence electrons. The summed E-state index contributed by atoms with van der Waals surface area (Å²) < 4.78 is 15.8. The van der Waals surface area contributed by atoms with Crippen molar-refractivity contribution in [3.8, 4) is 10.6 Å². The number of thiazole rings is 1. The van der Waals surface area contributed by atoms with Gasteiger partial charge in [0.2, 0.25) is 0 Å². The second-order valence-corrected chi connectivity index (χ2v) is 6.76. The number of nitrogens with one attached hydrogen (secondary N) is 1. The summed E-state index contributed by atoms with van der Waals surface area (Å²) in [7, 11) is 0. The molecule has 3 heterocycles. The monoisotopic (exact) mass is 366 g/mol. The van der Waals surface area contributed by atoms with Gasteiger partial charge in [-0.1, -0.05) is 12.1 Å². The van der Waals surface area contributed by atoms with Crippen molar-refractivity contribution in [2.75, 3.05) is 0 Å². The second-order valence-electron chi connectivity index (χ2n) is 5.90. The summed E-state index contributed by atoms with van der Waals surface area (Å²) in [6, 6.07) is 10.4. The number of aryl methyl sites for hydroxylation is 1. The zero-order valence-electron chi connectivity index (χ0n) is 13.9. The van der Waals surface area contributed by atoms with Gasteiger partial charge < -0.3 is 9.72 Å². The number of carbonyl (C=O) groups excluding carboxylic acids is 1. The van der Waals surface area contributed by atoms with Gasteiger partial charge in [0.15, 0.2) is 0 Å². The molecule has 0 aliphatic heterocycles. The number of rotatable bonds is 4. The molecule has 1 N–H and O–H groups in total. The SMILES string of the molecule is Cc1ccn2cc(CNC(=O)c3csc(-c4ccccc4F)n3)nc2c1. The highest BCUT2D eigenvalue weighted by Gasteiger charge is 2.14. The molecule has 3 aromatic heterocycles. The van der Waals surface area contributed by atoms with Crippen molar-refractivity contribution in [2.24, 2.45) is 0 Å². The Bertz CT molecular complexity index is 1100. The highest BCUT2D eigenvalue weighted by Crippen LogP contribution is 2.26. The largest absolute Gasteiger partial charge is 0.345 e. The molecule has 0 saturated heterocycles. The van der Waals surface area contributed by atoms with Gasteiger partial charge in [-0.25, -0.2) is 14.4 Å². The van der Waals surface area contributed by atoms with Crippen molar-refractivity contribution >= 4 is 22.9 Å². The minimum absolute atomic E-state index is 0.271. The van der Waals surface area contributed by atoms with Gasteiger partial charge >= 0.3 is 0 Å². The Morgan fingerprint density at radius 1 is 1.27 bits per heavy atom. The first-order chi connectivity index (χ1) is 12.6. The van der Waals surface area contributed by atoms with Gasteiger partial charge in [-0.2, -0.15) is 0 Å². The summed E-state index contributed by atoms with van der Waals surface area (Å²) in [4.78, 5) is 21.1. The Kier molecular flexibility index (Phi) is 4.22. The van der Waals surface area contributed by atoms with Crippen molar-refractivity contribution in [2.45, 2.75) is 13.5 Å². The van der Waals surface area contributed by atoms with E-state index in [9.17, 15) is 9.18 Å². The van der Waals surface area contributed by atoms with E-state index in [1.807, 2.05) is 35.9 Å². The fourth-order valence-electron chi connectivity index (χ4n) is 2.62. The maximum atomic E-state index is 13.8. The Balaban J connectivity index is 1.47. The lowest BCUT2D eigenvalue weighted by Gasteiger charge is -2.00. The van der Waals surface area contributed by atoms with E-state index in [1.54, 1.807) is 23.6 Å². The van der Waals surface area contributed by atoms with Crippen LogP contribution in [-0.2, 0) is 6.54 Å². The second kappa shape index (κ2) is 6.68. The highest BCUT2D eigenvalue weighted by molar-refractivity contribution is 7.13. The molecule has 0 atom stereocenters. The van der Waals surface area contributed by atoms with Crippen molar-refractivity contribution < 1.29 is 9.18 Å². The van der Waals surface area contributed by atoms with Crippen LogP contribution in [0, 0.1) is 12.7 Å². The number of pyridine rings is 1. The van der Waals surface area contributed by atoms with Crippen LogP contribution in [0.15, 0.2) is 54.2 Å². The van der Waals surface area contributed by atoms with E-state index < -0.39 is 0 Å². The molecule has 1 amide bonds. The fourth-order valence-corrected chi connectivity index (χ4v) is 3.45. The first kappa shape index (κ1) is 16.4. The van der Waals surface area contributed by atoms with Crippen LogP contribution >= 0.6 is 11.3 Å². The van der Waals surface area contributed by atoms with E-state index in [4.69, 9.17) is 0 Å². The number of nitrogens with zero attached hydrogens (tertiary/aromatic N) is 3. The maximum absolute atomic E-state index is 13.8. The predicted octanol–water partition coefficient (Wildman–Crippen LogP) is 3.84. The number of hydrogen-bond acceptors (Lipinski definition) is 4. The molecule has 26 heavy (non-hydrogen) atoms. The van der Waals surface area contributed by atoms with Gasteiger partial charge in [0.25, 0.3) is 5.91 Å². The third-order valence-corrected chi connectivity index (χ3v) is 4.81. The smallest absolute Gasteiger partial charge is 0.271 e. The van der Waals surface area contributed by atoms with Crippen LogP contribution in [0.5, 0.6) is 0 Å². The van der Waals surface area contributed by atoms with Gasteiger partial charge in [-0.15, -0.1) is 11.3 Å². The average Bonchev–Trinajstić information content (AvgIpc) is 3.26. The van der Waals surface area contributed by atoms with Crippen LogP contribution in [0.3, 0.4) is 0 Å². The topological polar surface area (TPSA) is 59.3 Å². The summed E-state index contributed by atoms with van der Waals surface area (Å²) in [6.45, 7) is 2.30. The number of benzene rings is 1. The Labute approximate surface area is 153 Å². The number of fused-ring (bicyclic) bond motifs is 1. The number of imidazole rings is 1. The molecule has 0 bridgehead atoms. The summed E-state index contributed by atoms with van der Waals surface area (Å²) in [5, 5.41) is 4.92. The van der Waals surface area contributed by atoms with Gasteiger partial charge in [0.05, 0.1) is 12.2 Å². The third kappa shape index (κ3) is 3.21. The van der Waals surface area contributed by atoms with Crippen molar-refractivity contribution in [1.82, 2.24) is 19.7 Å². The number of aromatic nitrogens is 3. The van der Waals surface area contributed by atoms with E-state index >= 15 is 0 Å². The molecule has 0 saturated carbocycles. The van der Waals surface area contributed by atoms with Crippen LogP contribution in [-0.4, -0.2) is 20.3 Å². The van der Waals surface area contributed by atoms with Crippen LogP contribution in [0.25, 0.3) is 16.2 Å². The number of hydrogen-bond donors (Lipinski definition) is 1. The molecule has 4 rings (SSSR count). The lowest BCUT2D eigenvalue weighted by atomic mass is 10.2. The molecule has 0 aliphatic carbocycles. The Hall–Kier alpha value is -3.06. The first-order valence-electron chi connectivity index (χ1n) is 8.03. The molecular weight excluding hydrogens is 351 g/mol. The minimum Gasteiger partial charge on any atom is -0.345 e. The fraction of sp³-hybridized carbons (Fsp3) is 0.105. The van der Waals surface area contributed by atoms with Gasteiger partial charge in [0.1, 0.15) is 22.2 Å². The number of amides is 1. The van der Waals surface area contributed by atoms with Gasteiger partial charge in [-0.05, 0) is 36.8 Å². The molecule has 7 heteroatoms. The van der Waals surface area contributed by atoms with E-state index in [0.717, 1.165) is 16.9 Å². The molecule has 0 unspecified atom stereocenters. The molecule has 4 aromatic rings. The van der Waals surface area contributed by atoms with Gasteiger partial charge in [0, 0.05) is 23.3 Å². The normalized spacial score (nSPS) is 11.0. The zero-order chi connectivity index (χ0) is 18.1. The zero-order valence-corrected chi connectivity index (χ0v) is 14.8. The standard InChI is InChI=1S/C19H15FN4OS/c1-12-6-7-24-10-13(22-17(24)8-12)9-21-18(25)16-11-26-19(23-16)14-4-2-3-5-15(14)20/h2-8,10-11H,9H2,1H3,(H,21,25). The van der Waals surface area contributed by atoms with Crippen LogP contribution in [0.4, 0.5) is 4.39 Å². The molecular formula is C19H15FN4OS. The van der Waals surface area contributed by atoms with E-state index in [1.165, 1.54) is 17.4 Å². The summed E-state index contributed by atoms with van der Waals surface area (Å²) >= 11 is 1.24. The molecule has 0 fully saturated rings. The highest BCUT2D eigenvalue weighted by atomic mass is 32.1. The first-order valence-corrected chi connectivity index (χ1v) is 8.91. The van der Waals surface area contributed by atoms with Crippen molar-refractivity contribution in [3.63, 3.8) is 0 Å². The van der Waals surface area contributed by atoms with Crippen molar-refractivity contribution in [1.29, 1.82) is 0 Å². The van der Waals surface area contributed by atoms with Gasteiger partial charge in [-0.3, -0.25) is 4.79 Å². The maximum Gasteiger partial charge on any atom is 0.271 e. The van der Waals surface area contributed by atoms with E-state index in [0.29, 0.717) is 17.1 Å². The third-order valence-electron chi connectivity index (χ3n) is 3.94. The summed E-state index contributed by atoms with van der Waals surface area (Å²) in [5.41, 5.74) is 3.39. The number of halogens is 1. The quantitative estimate of drug-likeness (QED) is 0.597. The van der Waals surface area contributed by atoms with E-state index in [2.05, 4.69) is 15.3 Å². The minimum atomic E-state index is -0.353. The molecule has 0 radical (unpaired) electrons. The lowest BCUT2D eigenvalue weighted by Crippen LogP contribution is -2.23. The summed E-state index contributed by atoms with van der Waals surface area (Å²) in [6.07, 6.45) is 3.81. The van der Waals surface area contributed by atoms with Crippen molar-refractivity contribution in [3.05, 3.63) is 76.9 Å². The molecule has 1 aromatic carbocycles. The Morgan fingerprint density at radius 2 is 2.12 bits per heavy atom. The predicted molar refractivity (Wildman–Crippen MR) is 98.6 cm³/mol. The molecule has 5 nitrogen and oxygen atoms in total. The number of carbonyl (C=O) groups is 1. The lowest BCUT2D eigenvalue weighted by molar-refractivity contribution is 0.0946. The molecule has 0 spiro atoms. The Morgan fingerprint density at radius 3 is 2.96 bits per heavy atom. The summed E-state index contributed by atoms with van der Waals surface area (Å²) in [5.74, 6) is -0.661. The van der Waals surface area contributed by atoms with Crippen LogP contribution in [0.2, 0.25) is 0 Å². The average molecular weight is 366 g/mol. The van der Waals surface area contributed by atoms with E-state index in [-0.39, 0.29) is 17.4 Å².